The quantitative estimate of drug-likeness (QED) is 0.802. The molecule has 1 heterocycles. The Hall–Kier alpha value is -1.28. The van der Waals surface area contributed by atoms with Crippen LogP contribution in [0.5, 0.6) is 5.88 Å². The fourth-order valence-electron chi connectivity index (χ4n) is 1.98. The van der Waals surface area contributed by atoms with Gasteiger partial charge in [0.1, 0.15) is 11.5 Å². The van der Waals surface area contributed by atoms with Crippen LogP contribution < -0.4 is 10.1 Å². The van der Waals surface area contributed by atoms with Crippen LogP contribution in [0, 0.1) is 9.39 Å². The number of benzene rings is 1. The Morgan fingerprint density at radius 3 is 2.75 bits per heavy atom. The highest BCUT2D eigenvalue weighted by Crippen LogP contribution is 2.29. The summed E-state index contributed by atoms with van der Waals surface area (Å²) in [6.07, 6.45) is 3.21. The van der Waals surface area contributed by atoms with E-state index in [0.29, 0.717) is 11.6 Å². The number of hydrogen-bond acceptors (Lipinski definition) is 4. The average Bonchev–Trinajstić information content (AvgIpc) is 2.45. The summed E-state index contributed by atoms with van der Waals surface area (Å²) in [5.41, 5.74) is 1.65. The standard InChI is InChI=1S/C14H15FIN3O/c1-3-17-12(10-5-4-9(15)8-11(10)16)13-14(20-2)19-7-6-18-13/h4-8,12,17H,3H2,1-2H3. The molecule has 6 heteroatoms. The van der Waals surface area contributed by atoms with Gasteiger partial charge in [-0.15, -0.1) is 0 Å². The smallest absolute Gasteiger partial charge is 0.237 e. The molecule has 0 fully saturated rings. The molecular formula is C14H15FIN3O. The predicted octanol–water partition coefficient (Wildman–Crippen LogP) is 2.93. The number of halogens is 2. The summed E-state index contributed by atoms with van der Waals surface area (Å²) in [5.74, 6) is 0.220. The van der Waals surface area contributed by atoms with Crippen molar-refractivity contribution in [3.63, 3.8) is 0 Å². The van der Waals surface area contributed by atoms with Gasteiger partial charge in [-0.3, -0.25) is 4.98 Å². The molecule has 1 aromatic carbocycles. The first-order valence-corrected chi connectivity index (χ1v) is 7.28. The molecule has 20 heavy (non-hydrogen) atoms. The monoisotopic (exact) mass is 387 g/mol. The third kappa shape index (κ3) is 3.24. The van der Waals surface area contributed by atoms with E-state index in [-0.39, 0.29) is 11.9 Å². The lowest BCUT2D eigenvalue weighted by Crippen LogP contribution is -2.24. The minimum absolute atomic E-state index is 0.184. The molecule has 1 aromatic heterocycles. The molecule has 0 saturated carbocycles. The molecule has 1 unspecified atom stereocenters. The van der Waals surface area contributed by atoms with Crippen molar-refractivity contribution in [3.8, 4) is 5.88 Å². The van der Waals surface area contributed by atoms with Crippen molar-refractivity contribution in [2.45, 2.75) is 13.0 Å². The van der Waals surface area contributed by atoms with E-state index in [4.69, 9.17) is 4.74 Å². The summed E-state index contributed by atoms with van der Waals surface area (Å²) in [7, 11) is 1.56. The molecule has 106 valence electrons. The van der Waals surface area contributed by atoms with E-state index in [1.54, 1.807) is 25.6 Å². The molecule has 0 radical (unpaired) electrons. The van der Waals surface area contributed by atoms with E-state index >= 15 is 0 Å². The van der Waals surface area contributed by atoms with Crippen molar-refractivity contribution in [2.24, 2.45) is 0 Å². The average molecular weight is 387 g/mol. The van der Waals surface area contributed by atoms with Crippen molar-refractivity contribution >= 4 is 22.6 Å². The molecule has 0 saturated heterocycles. The summed E-state index contributed by atoms with van der Waals surface area (Å²) in [5, 5.41) is 3.34. The zero-order valence-electron chi connectivity index (χ0n) is 11.2. The number of rotatable bonds is 5. The van der Waals surface area contributed by atoms with Crippen LogP contribution in [-0.2, 0) is 0 Å². The van der Waals surface area contributed by atoms with Crippen molar-refractivity contribution in [3.05, 3.63) is 51.2 Å². The summed E-state index contributed by atoms with van der Waals surface area (Å²) in [6.45, 7) is 2.75. The SMILES string of the molecule is CCNC(c1ccc(F)cc1I)c1nccnc1OC. The minimum Gasteiger partial charge on any atom is -0.480 e. The van der Waals surface area contributed by atoms with Crippen molar-refractivity contribution < 1.29 is 9.13 Å². The fourth-order valence-corrected chi connectivity index (χ4v) is 2.77. The van der Waals surface area contributed by atoms with Crippen molar-refractivity contribution in [1.82, 2.24) is 15.3 Å². The molecule has 2 aromatic rings. The van der Waals surface area contributed by atoms with Crippen LogP contribution in [0.4, 0.5) is 4.39 Å². The van der Waals surface area contributed by atoms with E-state index in [1.165, 1.54) is 12.1 Å². The van der Waals surface area contributed by atoms with Gasteiger partial charge in [-0.25, -0.2) is 9.37 Å². The predicted molar refractivity (Wildman–Crippen MR) is 83.2 cm³/mol. The third-order valence-electron chi connectivity index (χ3n) is 2.84. The highest BCUT2D eigenvalue weighted by atomic mass is 127. The number of methoxy groups -OCH3 is 1. The van der Waals surface area contributed by atoms with E-state index in [0.717, 1.165) is 15.7 Å². The molecule has 0 aliphatic rings. The second kappa shape index (κ2) is 6.94. The van der Waals surface area contributed by atoms with Gasteiger partial charge in [-0.1, -0.05) is 13.0 Å². The first-order chi connectivity index (χ1) is 9.67. The van der Waals surface area contributed by atoms with Gasteiger partial charge in [0.05, 0.1) is 13.2 Å². The van der Waals surface area contributed by atoms with Gasteiger partial charge in [0.2, 0.25) is 5.88 Å². The lowest BCUT2D eigenvalue weighted by atomic mass is 10.0. The lowest BCUT2D eigenvalue weighted by molar-refractivity contribution is 0.383. The molecule has 1 atom stereocenters. The van der Waals surface area contributed by atoms with Gasteiger partial charge in [0, 0.05) is 16.0 Å². The molecule has 0 amide bonds. The molecule has 0 spiro atoms. The Morgan fingerprint density at radius 2 is 2.10 bits per heavy atom. The Balaban J connectivity index is 2.50. The van der Waals surface area contributed by atoms with Crippen LogP contribution in [-0.4, -0.2) is 23.6 Å². The Bertz CT molecular complexity index is 594. The van der Waals surface area contributed by atoms with Crippen LogP contribution in [0.25, 0.3) is 0 Å². The molecular weight excluding hydrogens is 372 g/mol. The zero-order valence-corrected chi connectivity index (χ0v) is 13.4. The minimum atomic E-state index is -0.250. The molecule has 0 bridgehead atoms. The second-order valence-electron chi connectivity index (χ2n) is 4.11. The topological polar surface area (TPSA) is 47.0 Å². The van der Waals surface area contributed by atoms with Gasteiger partial charge in [0.25, 0.3) is 0 Å². The van der Waals surface area contributed by atoms with E-state index in [9.17, 15) is 4.39 Å². The lowest BCUT2D eigenvalue weighted by Gasteiger charge is -2.20. The second-order valence-corrected chi connectivity index (χ2v) is 5.27. The molecule has 4 nitrogen and oxygen atoms in total. The molecule has 0 aliphatic carbocycles. The highest BCUT2D eigenvalue weighted by Gasteiger charge is 2.22. The van der Waals surface area contributed by atoms with Crippen LogP contribution in [0.3, 0.4) is 0 Å². The Labute approximate surface area is 130 Å². The maximum Gasteiger partial charge on any atom is 0.237 e. The van der Waals surface area contributed by atoms with E-state index < -0.39 is 0 Å². The molecule has 0 aliphatic heterocycles. The van der Waals surface area contributed by atoms with Gasteiger partial charge < -0.3 is 10.1 Å². The van der Waals surface area contributed by atoms with E-state index in [1.807, 2.05) is 6.92 Å². The van der Waals surface area contributed by atoms with Gasteiger partial charge in [0.15, 0.2) is 0 Å². The number of nitrogens with zero attached hydrogens (tertiary/aromatic N) is 2. The summed E-state index contributed by atoms with van der Waals surface area (Å²) in [6, 6.07) is 4.53. The van der Waals surface area contributed by atoms with Crippen LogP contribution in [0.2, 0.25) is 0 Å². The maximum absolute atomic E-state index is 13.3. The van der Waals surface area contributed by atoms with Gasteiger partial charge >= 0.3 is 0 Å². The summed E-state index contributed by atoms with van der Waals surface area (Å²) >= 11 is 2.12. The highest BCUT2D eigenvalue weighted by molar-refractivity contribution is 14.1. The Kier molecular flexibility index (Phi) is 5.24. The number of ether oxygens (including phenoxy) is 1. The summed E-state index contributed by atoms with van der Waals surface area (Å²) in [4.78, 5) is 8.53. The number of nitrogens with one attached hydrogen (secondary N) is 1. The van der Waals surface area contributed by atoms with Crippen LogP contribution in [0.1, 0.15) is 24.2 Å². The third-order valence-corrected chi connectivity index (χ3v) is 3.77. The molecule has 2 rings (SSSR count). The van der Waals surface area contributed by atoms with E-state index in [2.05, 4.69) is 37.9 Å². The normalized spacial score (nSPS) is 12.2. The largest absolute Gasteiger partial charge is 0.480 e. The van der Waals surface area contributed by atoms with Crippen LogP contribution >= 0.6 is 22.6 Å². The first-order valence-electron chi connectivity index (χ1n) is 6.20. The van der Waals surface area contributed by atoms with Gasteiger partial charge in [-0.05, 0) is 46.8 Å². The zero-order chi connectivity index (χ0) is 14.5. The fraction of sp³-hybridized carbons (Fsp3) is 0.286. The van der Waals surface area contributed by atoms with Crippen molar-refractivity contribution in [1.29, 1.82) is 0 Å². The first kappa shape index (κ1) is 15.1. The number of aromatic nitrogens is 2. The molecule has 1 N–H and O–H groups in total. The maximum atomic E-state index is 13.3. The van der Waals surface area contributed by atoms with Gasteiger partial charge in [-0.2, -0.15) is 0 Å². The summed E-state index contributed by atoms with van der Waals surface area (Å²) < 4.78 is 19.4. The van der Waals surface area contributed by atoms with Crippen molar-refractivity contribution in [2.75, 3.05) is 13.7 Å². The number of hydrogen-bond donors (Lipinski definition) is 1. The Morgan fingerprint density at radius 1 is 1.35 bits per heavy atom. The van der Waals surface area contributed by atoms with Crippen LogP contribution in [0.15, 0.2) is 30.6 Å².